The van der Waals surface area contributed by atoms with Gasteiger partial charge in [0.15, 0.2) is 0 Å². The predicted molar refractivity (Wildman–Crippen MR) is 64.4 cm³/mol. The summed E-state index contributed by atoms with van der Waals surface area (Å²) in [4.78, 5) is 4.46. The van der Waals surface area contributed by atoms with E-state index < -0.39 is 0 Å². The fraction of sp³-hybridized carbons (Fsp3) is 0.462. The summed E-state index contributed by atoms with van der Waals surface area (Å²) in [5, 5.41) is 0. The van der Waals surface area contributed by atoms with Gasteiger partial charge in [-0.1, -0.05) is 0 Å². The number of nitrogens with zero attached hydrogens (tertiary/aromatic N) is 2. The highest BCUT2D eigenvalue weighted by Crippen LogP contribution is 2.19. The Labute approximate surface area is 100 Å². The maximum atomic E-state index is 5.65. The van der Waals surface area contributed by atoms with Gasteiger partial charge in [0.2, 0.25) is 0 Å². The van der Waals surface area contributed by atoms with Crippen LogP contribution in [0.4, 0.5) is 0 Å². The SMILES string of the molecule is COc1ccc2cnc(CC3CCCO3)n2c1. The Balaban J connectivity index is 1.92. The second-order valence-electron chi connectivity index (χ2n) is 4.38. The van der Waals surface area contributed by atoms with Gasteiger partial charge in [-0.3, -0.25) is 4.40 Å². The fourth-order valence-corrected chi connectivity index (χ4v) is 2.30. The topological polar surface area (TPSA) is 35.8 Å². The average Bonchev–Trinajstić information content (AvgIpc) is 2.99. The van der Waals surface area contributed by atoms with Gasteiger partial charge in [0.25, 0.3) is 0 Å². The number of fused-ring (bicyclic) bond motifs is 1. The highest BCUT2D eigenvalue weighted by molar-refractivity contribution is 5.48. The zero-order valence-electron chi connectivity index (χ0n) is 9.93. The van der Waals surface area contributed by atoms with Crippen LogP contribution in [-0.4, -0.2) is 29.2 Å². The Bertz CT molecular complexity index is 515. The van der Waals surface area contributed by atoms with E-state index in [1.807, 2.05) is 24.5 Å². The molecule has 4 nitrogen and oxygen atoms in total. The Morgan fingerprint density at radius 3 is 3.24 bits per heavy atom. The van der Waals surface area contributed by atoms with Crippen LogP contribution in [-0.2, 0) is 11.2 Å². The van der Waals surface area contributed by atoms with Gasteiger partial charge in [0.1, 0.15) is 11.6 Å². The minimum Gasteiger partial charge on any atom is -0.495 e. The molecule has 0 spiro atoms. The number of methoxy groups -OCH3 is 1. The van der Waals surface area contributed by atoms with Crippen LogP contribution in [0.25, 0.3) is 5.52 Å². The van der Waals surface area contributed by atoms with E-state index in [9.17, 15) is 0 Å². The van der Waals surface area contributed by atoms with Gasteiger partial charge in [0, 0.05) is 13.0 Å². The second kappa shape index (κ2) is 4.37. The van der Waals surface area contributed by atoms with Crippen LogP contribution in [0.2, 0.25) is 0 Å². The normalized spacial score (nSPS) is 19.9. The third kappa shape index (κ3) is 2.00. The summed E-state index contributed by atoms with van der Waals surface area (Å²) in [7, 11) is 1.68. The van der Waals surface area contributed by atoms with Crippen LogP contribution >= 0.6 is 0 Å². The third-order valence-corrected chi connectivity index (χ3v) is 3.25. The summed E-state index contributed by atoms with van der Waals surface area (Å²) in [6.07, 6.45) is 7.38. The molecular weight excluding hydrogens is 216 g/mol. The highest BCUT2D eigenvalue weighted by atomic mass is 16.5. The van der Waals surface area contributed by atoms with Crippen molar-refractivity contribution in [3.63, 3.8) is 0 Å². The molecule has 1 atom stereocenters. The molecule has 3 rings (SSSR count). The molecule has 3 heterocycles. The van der Waals surface area contributed by atoms with Gasteiger partial charge < -0.3 is 9.47 Å². The van der Waals surface area contributed by atoms with Crippen molar-refractivity contribution in [2.75, 3.05) is 13.7 Å². The Morgan fingerprint density at radius 1 is 1.53 bits per heavy atom. The van der Waals surface area contributed by atoms with Crippen molar-refractivity contribution in [3.8, 4) is 5.75 Å². The van der Waals surface area contributed by atoms with Crippen molar-refractivity contribution in [1.29, 1.82) is 0 Å². The van der Waals surface area contributed by atoms with E-state index in [0.29, 0.717) is 6.10 Å². The molecule has 1 aliphatic heterocycles. The average molecular weight is 232 g/mol. The van der Waals surface area contributed by atoms with Gasteiger partial charge >= 0.3 is 0 Å². The maximum absolute atomic E-state index is 5.65. The van der Waals surface area contributed by atoms with Gasteiger partial charge in [-0.2, -0.15) is 0 Å². The maximum Gasteiger partial charge on any atom is 0.135 e. The molecule has 17 heavy (non-hydrogen) atoms. The van der Waals surface area contributed by atoms with E-state index in [0.717, 1.165) is 43.0 Å². The third-order valence-electron chi connectivity index (χ3n) is 3.25. The van der Waals surface area contributed by atoms with E-state index in [1.165, 1.54) is 0 Å². The molecule has 0 amide bonds. The van der Waals surface area contributed by atoms with Crippen LogP contribution in [0.5, 0.6) is 5.75 Å². The molecule has 2 aromatic rings. The van der Waals surface area contributed by atoms with E-state index in [-0.39, 0.29) is 0 Å². The number of rotatable bonds is 3. The van der Waals surface area contributed by atoms with E-state index >= 15 is 0 Å². The monoisotopic (exact) mass is 232 g/mol. The zero-order chi connectivity index (χ0) is 11.7. The molecule has 0 saturated carbocycles. The summed E-state index contributed by atoms with van der Waals surface area (Å²) in [6.45, 7) is 0.886. The lowest BCUT2D eigenvalue weighted by molar-refractivity contribution is 0.109. The van der Waals surface area contributed by atoms with E-state index in [4.69, 9.17) is 9.47 Å². The molecule has 0 N–H and O–H groups in total. The first-order valence-corrected chi connectivity index (χ1v) is 5.98. The van der Waals surface area contributed by atoms with Crippen molar-refractivity contribution in [2.45, 2.75) is 25.4 Å². The van der Waals surface area contributed by atoms with Crippen molar-refractivity contribution in [3.05, 3.63) is 30.4 Å². The lowest BCUT2D eigenvalue weighted by Gasteiger charge is -2.08. The number of imidazole rings is 1. The fourth-order valence-electron chi connectivity index (χ4n) is 2.30. The lowest BCUT2D eigenvalue weighted by atomic mass is 10.2. The minimum absolute atomic E-state index is 0.326. The first kappa shape index (κ1) is 10.6. The first-order valence-electron chi connectivity index (χ1n) is 5.98. The minimum atomic E-state index is 0.326. The number of hydrogen-bond acceptors (Lipinski definition) is 3. The van der Waals surface area contributed by atoms with Gasteiger partial charge in [0.05, 0.1) is 31.1 Å². The summed E-state index contributed by atoms with van der Waals surface area (Å²) in [5.41, 5.74) is 1.10. The molecule has 0 radical (unpaired) electrons. The van der Waals surface area contributed by atoms with Crippen LogP contribution in [0.3, 0.4) is 0 Å². The Hall–Kier alpha value is -1.55. The first-order chi connectivity index (χ1) is 8.36. The van der Waals surface area contributed by atoms with Crippen LogP contribution in [0.15, 0.2) is 24.5 Å². The molecular formula is C13H16N2O2. The molecule has 90 valence electrons. The smallest absolute Gasteiger partial charge is 0.135 e. The van der Waals surface area contributed by atoms with E-state index in [2.05, 4.69) is 9.38 Å². The summed E-state index contributed by atoms with van der Waals surface area (Å²) < 4.78 is 13.0. The Morgan fingerprint density at radius 2 is 2.47 bits per heavy atom. The lowest BCUT2D eigenvalue weighted by Crippen LogP contribution is -2.11. The van der Waals surface area contributed by atoms with Gasteiger partial charge in [-0.25, -0.2) is 4.98 Å². The van der Waals surface area contributed by atoms with Gasteiger partial charge in [-0.05, 0) is 25.0 Å². The molecule has 1 unspecified atom stereocenters. The molecule has 1 fully saturated rings. The van der Waals surface area contributed by atoms with Crippen molar-refractivity contribution < 1.29 is 9.47 Å². The van der Waals surface area contributed by atoms with Crippen LogP contribution in [0.1, 0.15) is 18.7 Å². The number of hydrogen-bond donors (Lipinski definition) is 0. The van der Waals surface area contributed by atoms with Crippen molar-refractivity contribution in [1.82, 2.24) is 9.38 Å². The van der Waals surface area contributed by atoms with Crippen LogP contribution < -0.4 is 4.74 Å². The molecule has 0 aromatic carbocycles. The standard InChI is InChI=1S/C13H16N2O2/c1-16-12-5-4-10-8-14-13(15(10)9-12)7-11-3-2-6-17-11/h4-5,8-9,11H,2-3,6-7H2,1H3. The number of ether oxygens (including phenoxy) is 2. The Kier molecular flexibility index (Phi) is 2.73. The van der Waals surface area contributed by atoms with Gasteiger partial charge in [-0.15, -0.1) is 0 Å². The van der Waals surface area contributed by atoms with E-state index in [1.54, 1.807) is 7.11 Å². The molecule has 0 aliphatic carbocycles. The molecule has 0 bridgehead atoms. The quantitative estimate of drug-likeness (QED) is 0.812. The summed E-state index contributed by atoms with van der Waals surface area (Å²) >= 11 is 0. The molecule has 1 aliphatic rings. The van der Waals surface area contributed by atoms with Crippen molar-refractivity contribution in [2.24, 2.45) is 0 Å². The van der Waals surface area contributed by atoms with Crippen molar-refractivity contribution >= 4 is 5.52 Å². The summed E-state index contributed by atoms with van der Waals surface area (Å²) in [5.74, 6) is 1.90. The second-order valence-corrected chi connectivity index (χ2v) is 4.38. The highest BCUT2D eigenvalue weighted by Gasteiger charge is 2.18. The number of pyridine rings is 1. The molecule has 2 aromatic heterocycles. The zero-order valence-corrected chi connectivity index (χ0v) is 9.93. The largest absolute Gasteiger partial charge is 0.495 e. The molecule has 1 saturated heterocycles. The number of aromatic nitrogens is 2. The molecule has 4 heteroatoms. The predicted octanol–water partition coefficient (Wildman–Crippen LogP) is 2.06. The summed E-state index contributed by atoms with van der Waals surface area (Å²) in [6, 6.07) is 3.97. The van der Waals surface area contributed by atoms with Crippen LogP contribution in [0, 0.1) is 0 Å².